The van der Waals surface area contributed by atoms with Crippen LogP contribution >= 0.6 is 22.9 Å². The summed E-state index contributed by atoms with van der Waals surface area (Å²) >= 11 is 6.73. The molecule has 0 aliphatic carbocycles. The van der Waals surface area contributed by atoms with Crippen LogP contribution < -0.4 is 10.1 Å². The highest BCUT2D eigenvalue weighted by atomic mass is 35.5. The molecule has 0 saturated carbocycles. The summed E-state index contributed by atoms with van der Waals surface area (Å²) in [5.41, 5.74) is -3.02. The van der Waals surface area contributed by atoms with Crippen molar-refractivity contribution in [1.82, 2.24) is 9.88 Å². The molecule has 12 heteroatoms. The maximum Gasteiger partial charge on any atom is 0.424 e. The molecular formula is C20H23ClF3N3O4S. The molecule has 176 valence electrons. The van der Waals surface area contributed by atoms with Crippen molar-refractivity contribution in [2.45, 2.75) is 39.0 Å². The van der Waals surface area contributed by atoms with Crippen LogP contribution in [0.4, 0.5) is 18.9 Å². The number of nitrogens with one attached hydrogen (secondary N) is 1. The number of carbonyl (C=O) groups is 2. The average Bonchev–Trinajstić information content (AvgIpc) is 3.14. The molecule has 1 aromatic heterocycles. The quantitative estimate of drug-likeness (QED) is 0.548. The number of rotatable bonds is 9. The number of aryl methyl sites for hydroxylation is 1. The summed E-state index contributed by atoms with van der Waals surface area (Å²) in [4.78, 5) is 29.6. The van der Waals surface area contributed by atoms with Crippen molar-refractivity contribution >= 4 is 40.4 Å². The minimum absolute atomic E-state index is 0.0526. The molecule has 0 bridgehead atoms. The van der Waals surface area contributed by atoms with Gasteiger partial charge in [0.15, 0.2) is 6.61 Å². The number of thiazole rings is 1. The van der Waals surface area contributed by atoms with Gasteiger partial charge in [-0.3, -0.25) is 9.59 Å². The number of halogens is 4. The highest BCUT2D eigenvalue weighted by molar-refractivity contribution is 7.09. The number of aromatic nitrogens is 1. The van der Waals surface area contributed by atoms with Crippen LogP contribution in [0, 0.1) is 6.92 Å². The molecule has 2 amide bonds. The molecule has 1 aromatic carbocycles. The van der Waals surface area contributed by atoms with Crippen LogP contribution in [0.15, 0.2) is 23.6 Å². The summed E-state index contributed by atoms with van der Waals surface area (Å²) in [6.07, 6.45) is -6.39. The Morgan fingerprint density at radius 1 is 1.28 bits per heavy atom. The number of hydrogen-bond acceptors (Lipinski definition) is 6. The highest BCUT2D eigenvalue weighted by Crippen LogP contribution is 2.43. The maximum atomic E-state index is 13.5. The predicted octanol–water partition coefficient (Wildman–Crippen LogP) is 4.13. The fraction of sp³-hybridized carbons (Fsp3) is 0.450. The largest absolute Gasteiger partial charge is 0.482 e. The van der Waals surface area contributed by atoms with E-state index in [1.807, 2.05) is 13.8 Å². The van der Waals surface area contributed by atoms with Gasteiger partial charge in [0.05, 0.1) is 11.4 Å². The van der Waals surface area contributed by atoms with E-state index >= 15 is 0 Å². The molecule has 1 heterocycles. The van der Waals surface area contributed by atoms with Gasteiger partial charge in [-0.1, -0.05) is 11.6 Å². The monoisotopic (exact) mass is 493 g/mol. The van der Waals surface area contributed by atoms with Gasteiger partial charge >= 0.3 is 6.18 Å². The van der Waals surface area contributed by atoms with Crippen LogP contribution in [0.5, 0.6) is 5.75 Å². The zero-order valence-corrected chi connectivity index (χ0v) is 19.2. The summed E-state index contributed by atoms with van der Waals surface area (Å²) in [5, 5.41) is 13.3. The van der Waals surface area contributed by atoms with Crippen molar-refractivity contribution in [3.8, 4) is 5.75 Å². The second-order valence-electron chi connectivity index (χ2n) is 6.88. The van der Waals surface area contributed by atoms with Gasteiger partial charge < -0.3 is 20.1 Å². The molecule has 1 atom stereocenters. The van der Waals surface area contributed by atoms with Gasteiger partial charge in [-0.15, -0.1) is 11.3 Å². The van der Waals surface area contributed by atoms with Crippen LogP contribution in [-0.4, -0.2) is 52.7 Å². The van der Waals surface area contributed by atoms with E-state index in [4.69, 9.17) is 16.3 Å². The number of ether oxygens (including phenoxy) is 1. The van der Waals surface area contributed by atoms with Gasteiger partial charge in [0.25, 0.3) is 5.91 Å². The normalized spacial score (nSPS) is 13.4. The third-order valence-corrected chi connectivity index (χ3v) is 5.95. The molecule has 0 spiro atoms. The summed E-state index contributed by atoms with van der Waals surface area (Å²) < 4.78 is 46.0. The number of amides is 2. The Hall–Kier alpha value is -2.37. The van der Waals surface area contributed by atoms with E-state index in [2.05, 4.69) is 10.3 Å². The first-order valence-corrected chi connectivity index (χ1v) is 10.9. The van der Waals surface area contributed by atoms with Crippen LogP contribution in [0.25, 0.3) is 0 Å². The lowest BCUT2D eigenvalue weighted by Gasteiger charge is -2.27. The van der Waals surface area contributed by atoms with Crippen molar-refractivity contribution in [2.24, 2.45) is 0 Å². The third-order valence-electron chi connectivity index (χ3n) is 4.54. The summed E-state index contributed by atoms with van der Waals surface area (Å²) in [6, 6.07) is 4.02. The average molecular weight is 494 g/mol. The Labute approximate surface area is 192 Å². The van der Waals surface area contributed by atoms with Gasteiger partial charge in [-0.05, 0) is 39.0 Å². The Balaban J connectivity index is 2.08. The van der Waals surface area contributed by atoms with Crippen LogP contribution in [-0.2, 0) is 15.2 Å². The lowest BCUT2D eigenvalue weighted by Crippen LogP contribution is -2.45. The Morgan fingerprint density at radius 2 is 1.94 bits per heavy atom. The van der Waals surface area contributed by atoms with E-state index in [1.54, 1.807) is 4.90 Å². The minimum Gasteiger partial charge on any atom is -0.482 e. The third kappa shape index (κ3) is 6.11. The van der Waals surface area contributed by atoms with Crippen LogP contribution in [0.3, 0.4) is 0 Å². The number of hydrogen-bond donors (Lipinski definition) is 2. The second kappa shape index (κ2) is 10.5. The molecule has 32 heavy (non-hydrogen) atoms. The number of alkyl halides is 3. The van der Waals surface area contributed by atoms with Gasteiger partial charge in [0.1, 0.15) is 10.8 Å². The van der Waals surface area contributed by atoms with Crippen molar-refractivity contribution in [3.05, 3.63) is 39.3 Å². The summed E-state index contributed by atoms with van der Waals surface area (Å²) in [6.45, 7) is 5.98. The fourth-order valence-electron chi connectivity index (χ4n) is 2.78. The minimum atomic E-state index is -5.11. The molecule has 0 saturated heterocycles. The maximum absolute atomic E-state index is 13.5. The topological polar surface area (TPSA) is 91.8 Å². The summed E-state index contributed by atoms with van der Waals surface area (Å²) in [7, 11) is 0. The molecule has 1 unspecified atom stereocenters. The van der Waals surface area contributed by atoms with Crippen LogP contribution in [0.1, 0.15) is 31.0 Å². The standard InChI is InChI=1S/C20H23ClF3N3O4S/c1-4-27(5-2)17(29)10-31-15-7-6-13(8-14(15)21)26-16(28)9-19(30,20(22,23)24)18-25-12(3)11-32-18/h6-8,11,30H,4-5,9-10H2,1-3H3,(H,26,28). The van der Waals surface area contributed by atoms with Crippen molar-refractivity contribution < 1.29 is 32.6 Å². The second-order valence-corrected chi connectivity index (χ2v) is 8.14. The van der Waals surface area contributed by atoms with E-state index in [0.717, 1.165) is 0 Å². The Bertz CT molecular complexity index is 966. The van der Waals surface area contributed by atoms with E-state index in [0.29, 0.717) is 30.1 Å². The molecule has 2 aromatic rings. The molecule has 7 nitrogen and oxygen atoms in total. The van der Waals surface area contributed by atoms with Crippen LogP contribution in [0.2, 0.25) is 5.02 Å². The first-order valence-electron chi connectivity index (χ1n) is 9.63. The first-order chi connectivity index (χ1) is 14.9. The fourth-order valence-corrected chi connectivity index (χ4v) is 3.93. The molecule has 2 rings (SSSR count). The summed E-state index contributed by atoms with van der Waals surface area (Å²) in [5.74, 6) is -1.14. The lowest BCUT2D eigenvalue weighted by molar-refractivity contribution is -0.266. The Kier molecular flexibility index (Phi) is 8.49. The number of nitrogens with zero attached hydrogens (tertiary/aromatic N) is 2. The van der Waals surface area contributed by atoms with Crippen molar-refractivity contribution in [1.29, 1.82) is 0 Å². The number of likely N-dealkylation sites (N-methyl/N-ethyl adjacent to an activating group) is 1. The number of benzene rings is 1. The Morgan fingerprint density at radius 3 is 2.44 bits per heavy atom. The van der Waals surface area contributed by atoms with Crippen molar-refractivity contribution in [3.63, 3.8) is 0 Å². The van der Waals surface area contributed by atoms with Crippen molar-refractivity contribution in [2.75, 3.05) is 25.0 Å². The zero-order chi connectivity index (χ0) is 24.1. The van der Waals surface area contributed by atoms with Gasteiger partial charge in [0.2, 0.25) is 11.5 Å². The SMILES string of the molecule is CCN(CC)C(=O)COc1ccc(NC(=O)CC(O)(c2nc(C)cs2)C(F)(F)F)cc1Cl. The lowest BCUT2D eigenvalue weighted by atomic mass is 9.99. The van der Waals surface area contributed by atoms with Gasteiger partial charge in [-0.25, -0.2) is 4.98 Å². The van der Waals surface area contributed by atoms with E-state index < -0.39 is 29.1 Å². The number of aliphatic hydroxyl groups is 1. The van der Waals surface area contributed by atoms with E-state index in [-0.39, 0.29) is 29.0 Å². The molecule has 0 radical (unpaired) electrons. The molecule has 0 aliphatic rings. The van der Waals surface area contributed by atoms with E-state index in [1.165, 1.54) is 30.5 Å². The molecule has 0 fully saturated rings. The smallest absolute Gasteiger partial charge is 0.424 e. The predicted molar refractivity (Wildman–Crippen MR) is 115 cm³/mol. The number of anilines is 1. The molecule has 0 aliphatic heterocycles. The molecular weight excluding hydrogens is 471 g/mol. The van der Waals surface area contributed by atoms with E-state index in [9.17, 15) is 27.9 Å². The van der Waals surface area contributed by atoms with Gasteiger partial charge in [-0.2, -0.15) is 13.2 Å². The molecule has 2 N–H and O–H groups in total. The highest BCUT2D eigenvalue weighted by Gasteiger charge is 2.58. The zero-order valence-electron chi connectivity index (χ0n) is 17.6. The first kappa shape index (κ1) is 25.9. The van der Waals surface area contributed by atoms with Gasteiger partial charge in [0, 0.05) is 29.9 Å². The number of carbonyl (C=O) groups excluding carboxylic acids is 2.